The molecule has 0 amide bonds. The van der Waals surface area contributed by atoms with Crippen molar-refractivity contribution in [3.05, 3.63) is 59.2 Å². The Labute approximate surface area is 126 Å². The van der Waals surface area contributed by atoms with E-state index in [4.69, 9.17) is 9.47 Å². The molecule has 3 heteroatoms. The van der Waals surface area contributed by atoms with Crippen molar-refractivity contribution < 1.29 is 9.47 Å². The van der Waals surface area contributed by atoms with Gasteiger partial charge in [0.2, 0.25) is 0 Å². The van der Waals surface area contributed by atoms with Crippen molar-refractivity contribution >= 4 is 0 Å². The van der Waals surface area contributed by atoms with E-state index in [2.05, 4.69) is 37.4 Å². The van der Waals surface area contributed by atoms with Crippen LogP contribution < -0.4 is 14.8 Å². The lowest BCUT2D eigenvalue weighted by atomic mass is 10.1. The van der Waals surface area contributed by atoms with Gasteiger partial charge in [-0.05, 0) is 61.9 Å². The molecule has 21 heavy (non-hydrogen) atoms. The van der Waals surface area contributed by atoms with Crippen LogP contribution in [0.5, 0.6) is 11.5 Å². The van der Waals surface area contributed by atoms with Gasteiger partial charge in [-0.1, -0.05) is 18.2 Å². The third-order valence-corrected chi connectivity index (χ3v) is 3.38. The molecule has 0 aliphatic rings. The Morgan fingerprint density at radius 2 is 1.57 bits per heavy atom. The molecule has 0 bridgehead atoms. The molecule has 0 radical (unpaired) electrons. The van der Waals surface area contributed by atoms with Gasteiger partial charge in [0, 0.05) is 6.54 Å². The number of rotatable bonds is 7. The van der Waals surface area contributed by atoms with Crippen molar-refractivity contribution in [2.24, 2.45) is 0 Å². The molecule has 0 aliphatic carbocycles. The summed E-state index contributed by atoms with van der Waals surface area (Å²) in [6.07, 6.45) is 0. The third-order valence-electron chi connectivity index (χ3n) is 3.38. The highest BCUT2D eigenvalue weighted by Crippen LogP contribution is 2.17. The molecule has 2 rings (SSSR count). The summed E-state index contributed by atoms with van der Waals surface area (Å²) in [6, 6.07) is 14.2. The summed E-state index contributed by atoms with van der Waals surface area (Å²) in [7, 11) is 1.94. The molecule has 0 aliphatic heterocycles. The summed E-state index contributed by atoms with van der Waals surface area (Å²) in [5.41, 5.74) is 3.73. The molecule has 2 aromatic rings. The van der Waals surface area contributed by atoms with Gasteiger partial charge < -0.3 is 14.8 Å². The van der Waals surface area contributed by atoms with Crippen LogP contribution in [0.1, 0.15) is 16.7 Å². The SMILES string of the molecule is CNCc1cccc(OCCOc2ccc(C)c(C)c2)c1. The van der Waals surface area contributed by atoms with Crippen LogP contribution >= 0.6 is 0 Å². The topological polar surface area (TPSA) is 30.5 Å². The molecule has 0 unspecified atom stereocenters. The molecule has 0 atom stereocenters. The van der Waals surface area contributed by atoms with Crippen molar-refractivity contribution in [1.82, 2.24) is 5.32 Å². The van der Waals surface area contributed by atoms with Gasteiger partial charge in [0.1, 0.15) is 24.7 Å². The fourth-order valence-corrected chi connectivity index (χ4v) is 2.07. The number of ether oxygens (including phenoxy) is 2. The Morgan fingerprint density at radius 1 is 0.857 bits per heavy atom. The largest absolute Gasteiger partial charge is 0.490 e. The molecule has 1 N–H and O–H groups in total. The van der Waals surface area contributed by atoms with Gasteiger partial charge in [-0.3, -0.25) is 0 Å². The molecule has 2 aromatic carbocycles. The van der Waals surface area contributed by atoms with Crippen molar-refractivity contribution in [2.45, 2.75) is 20.4 Å². The molecule has 112 valence electrons. The summed E-state index contributed by atoms with van der Waals surface area (Å²) in [6.45, 7) is 6.11. The molecule has 0 heterocycles. The average Bonchev–Trinajstić information content (AvgIpc) is 2.48. The van der Waals surface area contributed by atoms with E-state index in [1.807, 2.05) is 31.3 Å². The maximum Gasteiger partial charge on any atom is 0.122 e. The van der Waals surface area contributed by atoms with Gasteiger partial charge in [-0.2, -0.15) is 0 Å². The normalized spacial score (nSPS) is 10.4. The Bertz CT molecular complexity index is 581. The number of nitrogens with one attached hydrogen (secondary N) is 1. The summed E-state index contributed by atoms with van der Waals surface area (Å²) < 4.78 is 11.4. The minimum absolute atomic E-state index is 0.538. The molecule has 3 nitrogen and oxygen atoms in total. The van der Waals surface area contributed by atoms with E-state index < -0.39 is 0 Å². The second-order valence-electron chi connectivity index (χ2n) is 5.12. The zero-order chi connectivity index (χ0) is 15.1. The molecule has 0 aromatic heterocycles. The minimum atomic E-state index is 0.538. The lowest BCUT2D eigenvalue weighted by molar-refractivity contribution is 0.217. The molecule has 0 spiro atoms. The van der Waals surface area contributed by atoms with E-state index >= 15 is 0 Å². The van der Waals surface area contributed by atoms with Crippen LogP contribution in [0.3, 0.4) is 0 Å². The number of hydrogen-bond acceptors (Lipinski definition) is 3. The highest BCUT2D eigenvalue weighted by atomic mass is 16.5. The minimum Gasteiger partial charge on any atom is -0.490 e. The van der Waals surface area contributed by atoms with Crippen molar-refractivity contribution in [2.75, 3.05) is 20.3 Å². The van der Waals surface area contributed by atoms with Gasteiger partial charge in [0.05, 0.1) is 0 Å². The van der Waals surface area contributed by atoms with Gasteiger partial charge in [0.15, 0.2) is 0 Å². The van der Waals surface area contributed by atoms with E-state index in [0.717, 1.165) is 18.0 Å². The smallest absolute Gasteiger partial charge is 0.122 e. The van der Waals surface area contributed by atoms with Gasteiger partial charge in [0.25, 0.3) is 0 Å². The summed E-state index contributed by atoms with van der Waals surface area (Å²) in [5.74, 6) is 1.78. The molecule has 0 fully saturated rings. The predicted molar refractivity (Wildman–Crippen MR) is 86.1 cm³/mol. The van der Waals surface area contributed by atoms with Crippen molar-refractivity contribution in [1.29, 1.82) is 0 Å². The molecule has 0 saturated heterocycles. The van der Waals surface area contributed by atoms with E-state index in [-0.39, 0.29) is 0 Å². The summed E-state index contributed by atoms with van der Waals surface area (Å²) in [4.78, 5) is 0. The standard InChI is InChI=1S/C18H23NO2/c1-14-7-8-18(11-15(14)2)21-10-9-20-17-6-4-5-16(12-17)13-19-3/h4-8,11-12,19H,9-10,13H2,1-3H3. The Kier molecular flexibility index (Phi) is 5.64. The fraction of sp³-hybridized carbons (Fsp3) is 0.333. The maximum absolute atomic E-state index is 5.72. The second kappa shape index (κ2) is 7.70. The van der Waals surface area contributed by atoms with Crippen LogP contribution in [-0.2, 0) is 6.54 Å². The number of hydrogen-bond donors (Lipinski definition) is 1. The molecular weight excluding hydrogens is 262 g/mol. The van der Waals surface area contributed by atoms with Crippen LogP contribution in [0, 0.1) is 13.8 Å². The van der Waals surface area contributed by atoms with Gasteiger partial charge in [-0.15, -0.1) is 0 Å². The van der Waals surface area contributed by atoms with Crippen LogP contribution in [0.15, 0.2) is 42.5 Å². The van der Waals surface area contributed by atoms with Crippen LogP contribution in [0.4, 0.5) is 0 Å². The predicted octanol–water partition coefficient (Wildman–Crippen LogP) is 3.48. The van der Waals surface area contributed by atoms with Crippen LogP contribution in [-0.4, -0.2) is 20.3 Å². The second-order valence-corrected chi connectivity index (χ2v) is 5.12. The fourth-order valence-electron chi connectivity index (χ4n) is 2.07. The molecule has 0 saturated carbocycles. The first-order chi connectivity index (χ1) is 10.2. The average molecular weight is 285 g/mol. The monoisotopic (exact) mass is 285 g/mol. The quantitative estimate of drug-likeness (QED) is 0.790. The van der Waals surface area contributed by atoms with Gasteiger partial charge in [-0.25, -0.2) is 0 Å². The third kappa shape index (κ3) is 4.80. The lowest BCUT2D eigenvalue weighted by Gasteiger charge is -2.10. The Balaban J connectivity index is 1.79. The highest BCUT2D eigenvalue weighted by Gasteiger charge is 1.99. The molecular formula is C18H23NO2. The van der Waals surface area contributed by atoms with Crippen LogP contribution in [0.2, 0.25) is 0 Å². The maximum atomic E-state index is 5.72. The summed E-state index contributed by atoms with van der Waals surface area (Å²) >= 11 is 0. The zero-order valence-corrected chi connectivity index (χ0v) is 13.0. The first kappa shape index (κ1) is 15.4. The van der Waals surface area contributed by atoms with Crippen molar-refractivity contribution in [3.8, 4) is 11.5 Å². The first-order valence-electron chi connectivity index (χ1n) is 7.25. The van der Waals surface area contributed by atoms with Crippen molar-refractivity contribution in [3.63, 3.8) is 0 Å². The Morgan fingerprint density at radius 3 is 2.24 bits per heavy atom. The Hall–Kier alpha value is -2.00. The number of aryl methyl sites for hydroxylation is 2. The van der Waals surface area contributed by atoms with E-state index in [1.54, 1.807) is 0 Å². The van der Waals surface area contributed by atoms with Crippen LogP contribution in [0.25, 0.3) is 0 Å². The highest BCUT2D eigenvalue weighted by molar-refractivity contribution is 5.33. The van der Waals surface area contributed by atoms with E-state index in [0.29, 0.717) is 13.2 Å². The summed E-state index contributed by atoms with van der Waals surface area (Å²) in [5, 5.41) is 3.13. The van der Waals surface area contributed by atoms with Gasteiger partial charge >= 0.3 is 0 Å². The first-order valence-corrected chi connectivity index (χ1v) is 7.25. The lowest BCUT2D eigenvalue weighted by Crippen LogP contribution is -2.10. The zero-order valence-electron chi connectivity index (χ0n) is 13.0. The van der Waals surface area contributed by atoms with E-state index in [1.165, 1.54) is 16.7 Å². The van der Waals surface area contributed by atoms with E-state index in [9.17, 15) is 0 Å². The number of benzene rings is 2.